The first-order chi connectivity index (χ1) is 13.5. The molecule has 3 aromatic carbocycles. The molecule has 28 heavy (non-hydrogen) atoms. The van der Waals surface area contributed by atoms with Crippen LogP contribution in [-0.2, 0) is 6.42 Å². The van der Waals surface area contributed by atoms with E-state index >= 15 is 0 Å². The van der Waals surface area contributed by atoms with Crippen LogP contribution in [-0.4, -0.2) is 10.9 Å². The van der Waals surface area contributed by atoms with Gasteiger partial charge < -0.3 is 9.73 Å². The van der Waals surface area contributed by atoms with Gasteiger partial charge >= 0.3 is 0 Å². The highest BCUT2D eigenvalue weighted by Crippen LogP contribution is 2.27. The molecule has 4 rings (SSSR count). The Labute approximate surface area is 164 Å². The van der Waals surface area contributed by atoms with Crippen molar-refractivity contribution in [2.45, 2.75) is 27.2 Å². The summed E-state index contributed by atoms with van der Waals surface area (Å²) in [5.74, 6) is 0.445. The van der Waals surface area contributed by atoms with E-state index in [1.165, 1.54) is 16.7 Å². The van der Waals surface area contributed by atoms with Crippen molar-refractivity contribution in [3.8, 4) is 11.5 Å². The zero-order valence-electron chi connectivity index (χ0n) is 16.2. The van der Waals surface area contributed by atoms with E-state index in [4.69, 9.17) is 4.42 Å². The quantitative estimate of drug-likeness (QED) is 0.485. The third-order valence-electron chi connectivity index (χ3n) is 4.74. The van der Waals surface area contributed by atoms with E-state index in [-0.39, 0.29) is 5.91 Å². The van der Waals surface area contributed by atoms with Crippen molar-refractivity contribution in [3.63, 3.8) is 0 Å². The van der Waals surface area contributed by atoms with Gasteiger partial charge in [-0.1, -0.05) is 36.2 Å². The van der Waals surface area contributed by atoms with Crippen LogP contribution in [0.5, 0.6) is 0 Å². The van der Waals surface area contributed by atoms with E-state index in [0.717, 1.165) is 12.0 Å². The third-order valence-corrected chi connectivity index (χ3v) is 4.74. The molecular weight excluding hydrogens is 348 g/mol. The Balaban J connectivity index is 1.59. The van der Waals surface area contributed by atoms with Gasteiger partial charge in [0.1, 0.15) is 5.52 Å². The average Bonchev–Trinajstić information content (AvgIpc) is 3.11. The van der Waals surface area contributed by atoms with Crippen LogP contribution in [0.2, 0.25) is 0 Å². The fraction of sp³-hybridized carbons (Fsp3) is 0.167. The maximum atomic E-state index is 12.5. The summed E-state index contributed by atoms with van der Waals surface area (Å²) in [5, 5.41) is 2.93. The molecule has 0 aliphatic carbocycles. The monoisotopic (exact) mass is 370 g/mol. The van der Waals surface area contributed by atoms with E-state index in [1.807, 2.05) is 42.5 Å². The number of hydrogen-bond donors (Lipinski definition) is 1. The number of nitrogens with zero attached hydrogens (tertiary/aromatic N) is 1. The lowest BCUT2D eigenvalue weighted by Crippen LogP contribution is -2.11. The highest BCUT2D eigenvalue weighted by Gasteiger charge is 2.11. The summed E-state index contributed by atoms with van der Waals surface area (Å²) >= 11 is 0. The van der Waals surface area contributed by atoms with Crippen molar-refractivity contribution in [3.05, 3.63) is 82.9 Å². The van der Waals surface area contributed by atoms with Gasteiger partial charge in [-0.05, 0) is 68.3 Å². The van der Waals surface area contributed by atoms with Gasteiger partial charge in [0.15, 0.2) is 5.58 Å². The topological polar surface area (TPSA) is 55.1 Å². The zero-order chi connectivity index (χ0) is 19.7. The molecule has 0 fully saturated rings. The van der Waals surface area contributed by atoms with Crippen LogP contribution in [0.3, 0.4) is 0 Å². The summed E-state index contributed by atoms with van der Waals surface area (Å²) < 4.78 is 5.91. The van der Waals surface area contributed by atoms with E-state index in [0.29, 0.717) is 28.2 Å². The number of rotatable bonds is 4. The lowest BCUT2D eigenvalue weighted by molar-refractivity contribution is 0.102. The summed E-state index contributed by atoms with van der Waals surface area (Å²) in [7, 11) is 0. The molecule has 4 nitrogen and oxygen atoms in total. The Kier molecular flexibility index (Phi) is 4.70. The summed E-state index contributed by atoms with van der Waals surface area (Å²) in [6, 6.07) is 19.4. The molecule has 140 valence electrons. The number of carbonyl (C=O) groups is 1. The summed E-state index contributed by atoms with van der Waals surface area (Å²) in [6.07, 6.45) is 0.952. The van der Waals surface area contributed by atoms with Gasteiger partial charge in [0.25, 0.3) is 5.91 Å². The molecule has 0 saturated carbocycles. The van der Waals surface area contributed by atoms with Gasteiger partial charge in [0, 0.05) is 16.8 Å². The van der Waals surface area contributed by atoms with E-state index < -0.39 is 0 Å². The molecule has 0 radical (unpaired) electrons. The van der Waals surface area contributed by atoms with Crippen molar-refractivity contribution < 1.29 is 9.21 Å². The second-order valence-electron chi connectivity index (χ2n) is 7.08. The molecule has 1 N–H and O–H groups in total. The van der Waals surface area contributed by atoms with Crippen LogP contribution in [0.25, 0.3) is 22.6 Å². The van der Waals surface area contributed by atoms with Crippen molar-refractivity contribution in [2.75, 3.05) is 5.32 Å². The number of aromatic nitrogens is 1. The molecule has 1 amide bonds. The first kappa shape index (κ1) is 18.0. The highest BCUT2D eigenvalue weighted by molar-refractivity contribution is 6.05. The summed E-state index contributed by atoms with van der Waals surface area (Å²) in [5.41, 5.74) is 7.23. The van der Waals surface area contributed by atoms with Gasteiger partial charge in [-0.15, -0.1) is 0 Å². The minimum absolute atomic E-state index is 0.139. The van der Waals surface area contributed by atoms with Gasteiger partial charge in [-0.25, -0.2) is 4.98 Å². The molecule has 0 bridgehead atoms. The van der Waals surface area contributed by atoms with Gasteiger partial charge in [0.05, 0.1) is 0 Å². The molecule has 0 spiro atoms. The highest BCUT2D eigenvalue weighted by atomic mass is 16.3. The number of hydrogen-bond acceptors (Lipinski definition) is 3. The first-order valence-corrected chi connectivity index (χ1v) is 9.41. The van der Waals surface area contributed by atoms with Crippen LogP contribution in [0.4, 0.5) is 5.69 Å². The van der Waals surface area contributed by atoms with Crippen LogP contribution in [0, 0.1) is 13.8 Å². The van der Waals surface area contributed by atoms with Crippen LogP contribution < -0.4 is 5.32 Å². The van der Waals surface area contributed by atoms with Gasteiger partial charge in [-0.3, -0.25) is 4.79 Å². The van der Waals surface area contributed by atoms with E-state index in [1.54, 1.807) is 0 Å². The van der Waals surface area contributed by atoms with Crippen molar-refractivity contribution >= 4 is 22.7 Å². The number of anilines is 1. The minimum Gasteiger partial charge on any atom is -0.436 e. The van der Waals surface area contributed by atoms with Crippen LogP contribution in [0.15, 0.2) is 65.1 Å². The van der Waals surface area contributed by atoms with E-state index in [9.17, 15) is 4.79 Å². The molecule has 4 aromatic rings. The molecule has 0 aliphatic heterocycles. The number of aryl methyl sites for hydroxylation is 3. The van der Waals surface area contributed by atoms with Crippen molar-refractivity contribution in [1.82, 2.24) is 4.98 Å². The first-order valence-electron chi connectivity index (χ1n) is 9.41. The smallest absolute Gasteiger partial charge is 0.255 e. The zero-order valence-corrected chi connectivity index (χ0v) is 16.2. The number of oxazole rings is 1. The fourth-order valence-electron chi connectivity index (χ4n) is 3.32. The van der Waals surface area contributed by atoms with Gasteiger partial charge in [-0.2, -0.15) is 0 Å². The number of carbonyl (C=O) groups excluding carboxylic acids is 1. The van der Waals surface area contributed by atoms with Gasteiger partial charge in [0.2, 0.25) is 5.89 Å². The molecule has 0 aliphatic rings. The summed E-state index contributed by atoms with van der Waals surface area (Å²) in [6.45, 7) is 6.20. The number of fused-ring (bicyclic) bond motifs is 1. The molecular formula is C24H22N2O2. The second kappa shape index (κ2) is 7.31. The normalized spacial score (nSPS) is 11.0. The largest absolute Gasteiger partial charge is 0.436 e. The Morgan fingerprint density at radius 1 is 0.964 bits per heavy atom. The minimum atomic E-state index is -0.139. The average molecular weight is 370 g/mol. The molecule has 0 saturated heterocycles. The Morgan fingerprint density at radius 2 is 1.68 bits per heavy atom. The lowest BCUT2D eigenvalue weighted by atomic mass is 10.1. The number of nitrogens with one attached hydrogen (secondary N) is 1. The van der Waals surface area contributed by atoms with Crippen LogP contribution >= 0.6 is 0 Å². The molecule has 0 atom stereocenters. The molecule has 0 unspecified atom stereocenters. The van der Waals surface area contributed by atoms with Crippen molar-refractivity contribution in [1.29, 1.82) is 0 Å². The lowest BCUT2D eigenvalue weighted by Gasteiger charge is -2.05. The third kappa shape index (κ3) is 3.67. The SMILES string of the molecule is CCc1ccc(C(=O)Nc2ccc3oc(-c4cc(C)cc(C)c4)nc3c2)cc1. The second-order valence-corrected chi connectivity index (χ2v) is 7.08. The van der Waals surface area contributed by atoms with E-state index in [2.05, 4.69) is 49.3 Å². The Hall–Kier alpha value is -3.40. The Bertz CT molecular complexity index is 1140. The maximum Gasteiger partial charge on any atom is 0.255 e. The molecule has 1 aromatic heterocycles. The molecule has 4 heteroatoms. The number of amides is 1. The fourth-order valence-corrected chi connectivity index (χ4v) is 3.32. The summed E-state index contributed by atoms with van der Waals surface area (Å²) in [4.78, 5) is 17.1. The maximum absolute atomic E-state index is 12.5. The number of benzene rings is 3. The van der Waals surface area contributed by atoms with Crippen LogP contribution in [0.1, 0.15) is 34.0 Å². The Morgan fingerprint density at radius 3 is 2.36 bits per heavy atom. The van der Waals surface area contributed by atoms with Crippen molar-refractivity contribution in [2.24, 2.45) is 0 Å². The predicted octanol–water partition coefficient (Wildman–Crippen LogP) is 5.93. The standard InChI is InChI=1S/C24H22N2O2/c1-4-17-5-7-18(8-6-17)23(27)25-20-9-10-22-21(14-20)26-24(28-22)19-12-15(2)11-16(3)13-19/h5-14H,4H2,1-3H3,(H,25,27). The molecule has 1 heterocycles. The predicted molar refractivity (Wildman–Crippen MR) is 113 cm³/mol.